The van der Waals surface area contributed by atoms with Crippen molar-refractivity contribution in [1.82, 2.24) is 9.88 Å². The summed E-state index contributed by atoms with van der Waals surface area (Å²) >= 11 is 6.09. The topological polar surface area (TPSA) is 36.1 Å². The van der Waals surface area contributed by atoms with Crippen LogP contribution in [0.5, 0.6) is 0 Å². The van der Waals surface area contributed by atoms with Crippen molar-refractivity contribution in [1.29, 1.82) is 0 Å². The quantitative estimate of drug-likeness (QED) is 0.693. The fraction of sp³-hybridized carbons (Fsp3) is 0.167. The summed E-state index contributed by atoms with van der Waals surface area (Å²) in [5.41, 5.74) is 3.09. The highest BCUT2D eigenvalue weighted by atomic mass is 35.5. The van der Waals surface area contributed by atoms with E-state index in [9.17, 15) is 13.6 Å². The van der Waals surface area contributed by atoms with Gasteiger partial charge in [-0.3, -0.25) is 4.79 Å². The minimum Gasteiger partial charge on any atom is -0.356 e. The maximum atomic E-state index is 13.7. The van der Waals surface area contributed by atoms with Gasteiger partial charge in [-0.1, -0.05) is 11.6 Å². The van der Waals surface area contributed by atoms with Crippen LogP contribution in [0.2, 0.25) is 5.02 Å². The van der Waals surface area contributed by atoms with E-state index in [0.717, 1.165) is 34.6 Å². The molecule has 1 aliphatic rings. The van der Waals surface area contributed by atoms with Crippen LogP contribution in [-0.2, 0) is 11.2 Å². The number of carbonyl (C=O) groups is 1. The minimum absolute atomic E-state index is 0.401. The molecular weight excluding hydrogens is 334 g/mol. The average molecular weight is 347 g/mol. The third-order valence-corrected chi connectivity index (χ3v) is 4.70. The average Bonchev–Trinajstić information content (AvgIpc) is 2.90. The van der Waals surface area contributed by atoms with E-state index >= 15 is 0 Å². The van der Waals surface area contributed by atoms with Crippen LogP contribution >= 0.6 is 11.6 Å². The Morgan fingerprint density at radius 2 is 1.92 bits per heavy atom. The van der Waals surface area contributed by atoms with Crippen molar-refractivity contribution in [2.24, 2.45) is 0 Å². The van der Waals surface area contributed by atoms with Crippen LogP contribution in [0.3, 0.4) is 0 Å². The van der Waals surface area contributed by atoms with Gasteiger partial charge in [0.15, 0.2) is 0 Å². The molecule has 0 saturated heterocycles. The third-order valence-electron chi connectivity index (χ3n) is 4.46. The fourth-order valence-electron chi connectivity index (χ4n) is 3.48. The molecule has 0 saturated carbocycles. The molecule has 3 nitrogen and oxygen atoms in total. The number of hydrogen-bond acceptors (Lipinski definition) is 1. The van der Waals surface area contributed by atoms with E-state index in [1.807, 2.05) is 12.1 Å². The molecule has 0 fully saturated rings. The van der Waals surface area contributed by atoms with Gasteiger partial charge >= 0.3 is 0 Å². The maximum absolute atomic E-state index is 13.7. The number of amides is 1. The number of nitrogens with zero attached hydrogens (tertiary/aromatic N) is 1. The molecule has 1 aliphatic heterocycles. The van der Waals surface area contributed by atoms with Gasteiger partial charge in [-0.15, -0.1) is 0 Å². The highest BCUT2D eigenvalue weighted by Crippen LogP contribution is 2.38. The molecular formula is C18H13ClF2N2O. The lowest BCUT2D eigenvalue weighted by atomic mass is 9.93. The Morgan fingerprint density at radius 3 is 2.62 bits per heavy atom. The molecule has 4 rings (SSSR count). The number of rotatable bonds is 2. The molecule has 1 N–H and O–H groups in total. The van der Waals surface area contributed by atoms with Gasteiger partial charge in [-0.2, -0.15) is 0 Å². The minimum atomic E-state index is -0.665. The van der Waals surface area contributed by atoms with Gasteiger partial charge in [0.1, 0.15) is 11.6 Å². The van der Waals surface area contributed by atoms with Gasteiger partial charge in [0, 0.05) is 34.2 Å². The first-order chi connectivity index (χ1) is 11.6. The molecule has 122 valence electrons. The number of aromatic amines is 1. The van der Waals surface area contributed by atoms with Gasteiger partial charge in [-0.25, -0.2) is 8.78 Å². The van der Waals surface area contributed by atoms with Crippen molar-refractivity contribution in [3.05, 3.63) is 69.9 Å². The van der Waals surface area contributed by atoms with Crippen molar-refractivity contribution >= 4 is 28.9 Å². The smallest absolute Gasteiger partial charge is 0.210 e. The lowest BCUT2D eigenvalue weighted by Crippen LogP contribution is -2.35. The second-order valence-corrected chi connectivity index (χ2v) is 6.34. The van der Waals surface area contributed by atoms with Crippen LogP contribution in [0.15, 0.2) is 36.4 Å². The van der Waals surface area contributed by atoms with E-state index in [1.165, 1.54) is 12.1 Å². The van der Waals surface area contributed by atoms with Crippen LogP contribution in [-0.4, -0.2) is 22.8 Å². The van der Waals surface area contributed by atoms with Crippen LogP contribution in [0.4, 0.5) is 8.78 Å². The molecule has 2 heterocycles. The number of carbonyl (C=O) groups excluding carboxylic acids is 1. The number of fused-ring (bicyclic) bond motifs is 3. The molecule has 0 bridgehead atoms. The molecule has 3 aromatic rings. The molecule has 1 amide bonds. The highest BCUT2D eigenvalue weighted by molar-refractivity contribution is 6.31. The zero-order valence-corrected chi connectivity index (χ0v) is 13.3. The summed E-state index contributed by atoms with van der Waals surface area (Å²) in [5.74, 6) is -1.33. The van der Waals surface area contributed by atoms with Gasteiger partial charge in [-0.05, 0) is 47.9 Å². The van der Waals surface area contributed by atoms with Crippen LogP contribution in [0.25, 0.3) is 10.9 Å². The summed E-state index contributed by atoms with van der Waals surface area (Å²) in [4.78, 5) is 16.3. The monoisotopic (exact) mass is 346 g/mol. The van der Waals surface area contributed by atoms with Crippen molar-refractivity contribution in [2.75, 3.05) is 6.54 Å². The summed E-state index contributed by atoms with van der Waals surface area (Å²) in [6.45, 7) is 0.471. The number of nitrogens with one attached hydrogen (secondary N) is 1. The highest BCUT2D eigenvalue weighted by Gasteiger charge is 2.31. The second kappa shape index (κ2) is 5.60. The van der Waals surface area contributed by atoms with Crippen LogP contribution < -0.4 is 0 Å². The SMILES string of the molecule is O=CN1CCc2c([nH]c3ccc(Cl)cc23)C1c1cc(F)cc(F)c1. The molecule has 24 heavy (non-hydrogen) atoms. The summed E-state index contributed by atoms with van der Waals surface area (Å²) in [6.07, 6.45) is 1.37. The van der Waals surface area contributed by atoms with Gasteiger partial charge in [0.05, 0.1) is 6.04 Å². The molecule has 0 radical (unpaired) electrons. The summed E-state index contributed by atoms with van der Waals surface area (Å²) < 4.78 is 27.3. The van der Waals surface area contributed by atoms with E-state index in [1.54, 1.807) is 11.0 Å². The van der Waals surface area contributed by atoms with E-state index in [0.29, 0.717) is 23.6 Å². The largest absolute Gasteiger partial charge is 0.356 e. The van der Waals surface area contributed by atoms with Crippen molar-refractivity contribution in [2.45, 2.75) is 12.5 Å². The molecule has 1 atom stereocenters. The van der Waals surface area contributed by atoms with Gasteiger partial charge < -0.3 is 9.88 Å². The van der Waals surface area contributed by atoms with Gasteiger partial charge in [0.25, 0.3) is 0 Å². The third kappa shape index (κ3) is 2.36. The lowest BCUT2D eigenvalue weighted by molar-refractivity contribution is -0.120. The van der Waals surface area contributed by atoms with Gasteiger partial charge in [0.2, 0.25) is 6.41 Å². The number of benzene rings is 2. The molecule has 0 aliphatic carbocycles. The number of H-pyrrole nitrogens is 1. The Kier molecular flexibility index (Phi) is 3.53. The van der Waals surface area contributed by atoms with Crippen molar-refractivity contribution < 1.29 is 13.6 Å². The predicted octanol–water partition coefficient (Wildman–Crippen LogP) is 4.20. The van der Waals surface area contributed by atoms with Crippen LogP contribution in [0, 0.1) is 11.6 Å². The first-order valence-corrected chi connectivity index (χ1v) is 7.91. The Bertz CT molecular complexity index is 933. The zero-order valence-electron chi connectivity index (χ0n) is 12.5. The van der Waals surface area contributed by atoms with Crippen molar-refractivity contribution in [3.8, 4) is 0 Å². The van der Waals surface area contributed by atoms with E-state index in [-0.39, 0.29) is 0 Å². The van der Waals surface area contributed by atoms with E-state index < -0.39 is 17.7 Å². The number of halogens is 3. The van der Waals surface area contributed by atoms with Crippen LogP contribution in [0.1, 0.15) is 22.9 Å². The molecule has 1 unspecified atom stereocenters. The Morgan fingerprint density at radius 1 is 1.17 bits per heavy atom. The standard InChI is InChI=1S/C18H13ClF2N2O/c19-11-1-2-16-15(7-11)14-3-4-23(9-24)18(17(14)22-16)10-5-12(20)8-13(21)6-10/h1-2,5-9,18,22H,3-4H2. The zero-order chi connectivity index (χ0) is 16.8. The fourth-order valence-corrected chi connectivity index (χ4v) is 3.66. The number of hydrogen-bond donors (Lipinski definition) is 1. The Hall–Kier alpha value is -2.40. The summed E-state index contributed by atoms with van der Waals surface area (Å²) in [6, 6.07) is 8.30. The Labute approximate surface area is 141 Å². The summed E-state index contributed by atoms with van der Waals surface area (Å²) in [5, 5.41) is 1.60. The normalized spacial score (nSPS) is 17.1. The first-order valence-electron chi connectivity index (χ1n) is 7.54. The second-order valence-electron chi connectivity index (χ2n) is 5.91. The Balaban J connectivity index is 1.95. The number of aromatic nitrogens is 1. The van der Waals surface area contributed by atoms with E-state index in [2.05, 4.69) is 4.98 Å². The molecule has 0 spiro atoms. The summed E-state index contributed by atoms with van der Waals surface area (Å²) in [7, 11) is 0. The maximum Gasteiger partial charge on any atom is 0.210 e. The van der Waals surface area contributed by atoms with Crippen molar-refractivity contribution in [3.63, 3.8) is 0 Å². The molecule has 1 aromatic heterocycles. The lowest BCUT2D eigenvalue weighted by Gasteiger charge is -2.33. The predicted molar refractivity (Wildman–Crippen MR) is 88.0 cm³/mol. The van der Waals surface area contributed by atoms with E-state index in [4.69, 9.17) is 11.6 Å². The molecule has 6 heteroatoms. The molecule has 2 aromatic carbocycles. The first kappa shape index (κ1) is 15.1.